The highest BCUT2D eigenvalue weighted by Crippen LogP contribution is 2.31. The van der Waals surface area contributed by atoms with Crippen LogP contribution in [0.15, 0.2) is 34.9 Å². The van der Waals surface area contributed by atoms with E-state index in [-0.39, 0.29) is 0 Å². The van der Waals surface area contributed by atoms with Crippen molar-refractivity contribution in [2.24, 2.45) is 5.92 Å². The van der Waals surface area contributed by atoms with Crippen molar-refractivity contribution >= 4 is 28.9 Å². The van der Waals surface area contributed by atoms with Crippen LogP contribution >= 0.6 is 0 Å². The first-order chi connectivity index (χ1) is 9.90. The van der Waals surface area contributed by atoms with Gasteiger partial charge in [-0.3, -0.25) is 14.4 Å². The molecule has 110 valence electrons. The van der Waals surface area contributed by atoms with Crippen LogP contribution in [0.1, 0.15) is 17.9 Å². The summed E-state index contributed by atoms with van der Waals surface area (Å²) in [6.07, 6.45) is 0.835. The van der Waals surface area contributed by atoms with Gasteiger partial charge in [0.25, 0.3) is 0 Å². The Morgan fingerprint density at radius 1 is 1.05 bits per heavy atom. The molecule has 0 saturated heterocycles. The third kappa shape index (κ3) is 3.02. The van der Waals surface area contributed by atoms with Crippen LogP contribution in [-0.2, 0) is 14.4 Å². The fraction of sp³-hybridized carbons (Fsp3) is 0.214. The van der Waals surface area contributed by atoms with Gasteiger partial charge in [-0.1, -0.05) is 12.1 Å². The predicted octanol–water partition coefficient (Wildman–Crippen LogP) is 1.78. The summed E-state index contributed by atoms with van der Waals surface area (Å²) in [5.74, 6) is -7.45. The van der Waals surface area contributed by atoms with E-state index in [1.807, 2.05) is 0 Å². The molecular formula is C14H12O7. The zero-order valence-corrected chi connectivity index (χ0v) is 10.7. The van der Waals surface area contributed by atoms with Crippen molar-refractivity contribution in [1.29, 1.82) is 0 Å². The molecule has 1 aromatic heterocycles. The summed E-state index contributed by atoms with van der Waals surface area (Å²) in [7, 11) is 0. The minimum atomic E-state index is -1.84. The standard InChI is InChI=1S/C14H12O7/c15-11(16)6-9(12(13(17)18)14(19)20)8-2-1-7-3-4-21-10(7)5-8/h1-5,9,12H,6H2,(H,15,16)(H,17,18)(H,19,20). The third-order valence-electron chi connectivity index (χ3n) is 3.24. The Hall–Kier alpha value is -2.83. The molecule has 0 aliphatic heterocycles. The molecule has 2 aromatic rings. The summed E-state index contributed by atoms with van der Waals surface area (Å²) in [5.41, 5.74) is 0.743. The lowest BCUT2D eigenvalue weighted by Gasteiger charge is -2.19. The van der Waals surface area contributed by atoms with E-state index in [1.165, 1.54) is 18.4 Å². The first kappa shape index (κ1) is 14.6. The largest absolute Gasteiger partial charge is 0.481 e. The molecule has 1 aromatic carbocycles. The van der Waals surface area contributed by atoms with Crippen LogP contribution in [0, 0.1) is 5.92 Å². The first-order valence-electron chi connectivity index (χ1n) is 6.04. The van der Waals surface area contributed by atoms with E-state index in [1.54, 1.807) is 12.1 Å². The van der Waals surface area contributed by atoms with Crippen LogP contribution in [0.2, 0.25) is 0 Å². The van der Waals surface area contributed by atoms with Crippen molar-refractivity contribution in [3.05, 3.63) is 36.1 Å². The molecule has 0 aliphatic carbocycles. The Morgan fingerprint density at radius 2 is 1.71 bits per heavy atom. The third-order valence-corrected chi connectivity index (χ3v) is 3.24. The second-order valence-corrected chi connectivity index (χ2v) is 4.58. The molecule has 0 saturated carbocycles. The molecular weight excluding hydrogens is 280 g/mol. The van der Waals surface area contributed by atoms with Crippen LogP contribution in [0.4, 0.5) is 0 Å². The SMILES string of the molecule is O=C(O)CC(c1ccc2ccoc2c1)C(C(=O)O)C(=O)O. The number of rotatable bonds is 6. The molecule has 3 N–H and O–H groups in total. The van der Waals surface area contributed by atoms with E-state index < -0.39 is 36.2 Å². The van der Waals surface area contributed by atoms with Crippen LogP contribution in [-0.4, -0.2) is 33.2 Å². The van der Waals surface area contributed by atoms with E-state index in [2.05, 4.69) is 0 Å². The van der Waals surface area contributed by atoms with Crippen LogP contribution in [0.3, 0.4) is 0 Å². The summed E-state index contributed by atoms with van der Waals surface area (Å²) in [6, 6.07) is 6.31. The minimum absolute atomic E-state index is 0.301. The van der Waals surface area contributed by atoms with Gasteiger partial charge in [0, 0.05) is 11.3 Å². The molecule has 1 unspecified atom stereocenters. The molecule has 7 nitrogen and oxygen atoms in total. The number of benzene rings is 1. The van der Waals surface area contributed by atoms with Crippen LogP contribution in [0.5, 0.6) is 0 Å². The van der Waals surface area contributed by atoms with Gasteiger partial charge in [-0.2, -0.15) is 0 Å². The molecule has 0 bridgehead atoms. The van der Waals surface area contributed by atoms with E-state index in [0.717, 1.165) is 5.39 Å². The van der Waals surface area contributed by atoms with Gasteiger partial charge in [-0.25, -0.2) is 0 Å². The van der Waals surface area contributed by atoms with Crippen molar-refractivity contribution in [2.75, 3.05) is 0 Å². The summed E-state index contributed by atoms with van der Waals surface area (Å²) >= 11 is 0. The number of carboxylic acids is 3. The Kier molecular flexibility index (Phi) is 3.93. The maximum Gasteiger partial charge on any atom is 0.318 e. The minimum Gasteiger partial charge on any atom is -0.481 e. The van der Waals surface area contributed by atoms with Crippen molar-refractivity contribution in [3.8, 4) is 0 Å². The van der Waals surface area contributed by atoms with Gasteiger partial charge in [-0.15, -0.1) is 0 Å². The van der Waals surface area contributed by atoms with Crippen molar-refractivity contribution in [3.63, 3.8) is 0 Å². The molecule has 1 atom stereocenters. The fourth-order valence-electron chi connectivity index (χ4n) is 2.27. The molecule has 0 spiro atoms. The lowest BCUT2D eigenvalue weighted by atomic mass is 9.83. The average Bonchev–Trinajstić information content (AvgIpc) is 2.83. The van der Waals surface area contributed by atoms with Gasteiger partial charge in [0.2, 0.25) is 0 Å². The zero-order valence-electron chi connectivity index (χ0n) is 10.7. The quantitative estimate of drug-likeness (QED) is 0.693. The Morgan fingerprint density at radius 3 is 2.29 bits per heavy atom. The molecule has 21 heavy (non-hydrogen) atoms. The monoisotopic (exact) mass is 292 g/mol. The predicted molar refractivity (Wildman–Crippen MR) is 70.0 cm³/mol. The van der Waals surface area contributed by atoms with Crippen molar-refractivity contribution < 1.29 is 34.1 Å². The van der Waals surface area contributed by atoms with Gasteiger partial charge >= 0.3 is 17.9 Å². The van der Waals surface area contributed by atoms with Crippen LogP contribution < -0.4 is 0 Å². The van der Waals surface area contributed by atoms with Gasteiger partial charge < -0.3 is 19.7 Å². The van der Waals surface area contributed by atoms with Crippen molar-refractivity contribution in [2.45, 2.75) is 12.3 Å². The number of fused-ring (bicyclic) bond motifs is 1. The normalized spacial score (nSPS) is 12.4. The van der Waals surface area contributed by atoms with E-state index >= 15 is 0 Å². The lowest BCUT2D eigenvalue weighted by Crippen LogP contribution is -2.31. The maximum absolute atomic E-state index is 11.2. The summed E-state index contributed by atoms with van der Waals surface area (Å²) in [5, 5.41) is 27.8. The van der Waals surface area contributed by atoms with Gasteiger partial charge in [0.1, 0.15) is 5.58 Å². The lowest BCUT2D eigenvalue weighted by molar-refractivity contribution is -0.156. The number of furan rings is 1. The number of aliphatic carboxylic acids is 3. The summed E-state index contributed by atoms with van der Waals surface area (Å²) < 4.78 is 5.17. The highest BCUT2D eigenvalue weighted by atomic mass is 16.4. The highest BCUT2D eigenvalue weighted by Gasteiger charge is 2.37. The Labute approximate surface area is 118 Å². The van der Waals surface area contributed by atoms with Gasteiger partial charge in [0.05, 0.1) is 12.7 Å². The number of hydrogen-bond donors (Lipinski definition) is 3. The smallest absolute Gasteiger partial charge is 0.318 e. The van der Waals surface area contributed by atoms with Crippen LogP contribution in [0.25, 0.3) is 11.0 Å². The van der Waals surface area contributed by atoms with Crippen molar-refractivity contribution in [1.82, 2.24) is 0 Å². The molecule has 2 rings (SSSR count). The first-order valence-corrected chi connectivity index (χ1v) is 6.04. The second-order valence-electron chi connectivity index (χ2n) is 4.58. The Bertz CT molecular complexity index is 686. The van der Waals surface area contributed by atoms with Gasteiger partial charge in [0.15, 0.2) is 5.92 Å². The van der Waals surface area contributed by atoms with Gasteiger partial charge in [-0.05, 0) is 17.7 Å². The number of carbonyl (C=O) groups is 3. The topological polar surface area (TPSA) is 125 Å². The van der Waals surface area contributed by atoms with E-state index in [4.69, 9.17) is 19.7 Å². The number of carboxylic acid groups (broad SMARTS) is 3. The zero-order chi connectivity index (χ0) is 15.6. The summed E-state index contributed by atoms with van der Waals surface area (Å²) in [4.78, 5) is 33.2. The molecule has 0 radical (unpaired) electrons. The fourth-order valence-corrected chi connectivity index (χ4v) is 2.27. The molecule has 7 heteroatoms. The summed E-state index contributed by atoms with van der Waals surface area (Å²) in [6.45, 7) is 0. The van der Waals surface area contributed by atoms with E-state index in [9.17, 15) is 14.4 Å². The highest BCUT2D eigenvalue weighted by molar-refractivity contribution is 5.95. The molecule has 1 heterocycles. The maximum atomic E-state index is 11.2. The second kappa shape index (κ2) is 5.66. The molecule has 0 amide bonds. The molecule has 0 aliphatic rings. The molecule has 0 fully saturated rings. The number of hydrogen-bond acceptors (Lipinski definition) is 4. The average molecular weight is 292 g/mol. The Balaban J connectivity index is 2.49. The van der Waals surface area contributed by atoms with E-state index in [0.29, 0.717) is 11.1 Å².